The molecule has 2 aromatic rings. The lowest BCUT2D eigenvalue weighted by Gasteiger charge is -2.38. The number of hydrogen-bond acceptors (Lipinski definition) is 5. The normalized spacial score (nSPS) is 17.5. The van der Waals surface area contributed by atoms with E-state index in [0.717, 1.165) is 5.56 Å². The van der Waals surface area contributed by atoms with E-state index in [0.29, 0.717) is 31.7 Å². The SMILES string of the molecule is O=C(c1ccc(CO)o1)N1CCC(O)(c2cccnc2)CC1. The van der Waals surface area contributed by atoms with Crippen LogP contribution in [0.3, 0.4) is 0 Å². The van der Waals surface area contributed by atoms with Crippen LogP contribution in [0.5, 0.6) is 0 Å². The zero-order valence-electron chi connectivity index (χ0n) is 12.1. The molecule has 1 amide bonds. The van der Waals surface area contributed by atoms with Gasteiger partial charge in [0.25, 0.3) is 5.91 Å². The number of carbonyl (C=O) groups is 1. The lowest BCUT2D eigenvalue weighted by molar-refractivity contribution is -0.0220. The number of aliphatic hydroxyl groups is 2. The number of piperidine rings is 1. The fraction of sp³-hybridized carbons (Fsp3) is 0.375. The molecule has 2 aromatic heterocycles. The summed E-state index contributed by atoms with van der Waals surface area (Å²) < 4.78 is 5.27. The standard InChI is InChI=1S/C16H18N2O4/c19-11-13-3-4-14(22-13)15(20)18-8-5-16(21,6-9-18)12-2-1-7-17-10-12/h1-4,7,10,19,21H,5-6,8-9,11H2. The van der Waals surface area contributed by atoms with Crippen molar-refractivity contribution >= 4 is 5.91 Å². The minimum absolute atomic E-state index is 0.215. The van der Waals surface area contributed by atoms with E-state index in [1.165, 1.54) is 0 Å². The first-order valence-corrected chi connectivity index (χ1v) is 7.24. The van der Waals surface area contributed by atoms with Crippen molar-refractivity contribution in [2.24, 2.45) is 0 Å². The summed E-state index contributed by atoms with van der Waals surface area (Å²) in [7, 11) is 0. The molecule has 3 rings (SSSR count). The summed E-state index contributed by atoms with van der Waals surface area (Å²) >= 11 is 0. The van der Waals surface area contributed by atoms with Gasteiger partial charge in [0.05, 0.1) is 5.60 Å². The van der Waals surface area contributed by atoms with Crippen molar-refractivity contribution in [3.05, 3.63) is 53.7 Å². The van der Waals surface area contributed by atoms with Crippen molar-refractivity contribution in [2.75, 3.05) is 13.1 Å². The predicted octanol–water partition coefficient (Wildman–Crippen LogP) is 1.29. The van der Waals surface area contributed by atoms with Gasteiger partial charge in [0.1, 0.15) is 12.4 Å². The third-order valence-corrected chi connectivity index (χ3v) is 4.10. The van der Waals surface area contributed by atoms with Gasteiger partial charge in [0, 0.05) is 31.0 Å². The Morgan fingerprint density at radius 2 is 2.09 bits per heavy atom. The van der Waals surface area contributed by atoms with Crippen molar-refractivity contribution in [2.45, 2.75) is 25.0 Å². The van der Waals surface area contributed by atoms with Gasteiger partial charge in [-0.25, -0.2) is 0 Å². The predicted molar refractivity (Wildman–Crippen MR) is 77.9 cm³/mol. The molecule has 0 saturated carbocycles. The smallest absolute Gasteiger partial charge is 0.289 e. The summed E-state index contributed by atoms with van der Waals surface area (Å²) in [5.41, 5.74) is -0.160. The molecule has 116 valence electrons. The zero-order chi connectivity index (χ0) is 15.6. The Hall–Kier alpha value is -2.18. The van der Waals surface area contributed by atoms with Crippen LogP contribution in [0.2, 0.25) is 0 Å². The summed E-state index contributed by atoms with van der Waals surface area (Å²) in [6, 6.07) is 6.80. The quantitative estimate of drug-likeness (QED) is 0.892. The number of aliphatic hydroxyl groups excluding tert-OH is 1. The first-order chi connectivity index (χ1) is 10.6. The van der Waals surface area contributed by atoms with Gasteiger partial charge in [-0.05, 0) is 31.0 Å². The van der Waals surface area contributed by atoms with Crippen LogP contribution < -0.4 is 0 Å². The number of likely N-dealkylation sites (tertiary alicyclic amines) is 1. The fourth-order valence-electron chi connectivity index (χ4n) is 2.74. The Bertz CT molecular complexity index is 645. The van der Waals surface area contributed by atoms with E-state index in [1.807, 2.05) is 6.07 Å². The number of hydrogen-bond donors (Lipinski definition) is 2. The number of aromatic nitrogens is 1. The highest BCUT2D eigenvalue weighted by Gasteiger charge is 2.36. The molecule has 0 bridgehead atoms. The first-order valence-electron chi connectivity index (χ1n) is 7.24. The first kappa shape index (κ1) is 14.7. The van der Waals surface area contributed by atoms with Crippen LogP contribution in [0.25, 0.3) is 0 Å². The van der Waals surface area contributed by atoms with Crippen LogP contribution in [-0.4, -0.2) is 39.1 Å². The summed E-state index contributed by atoms with van der Waals surface area (Å²) in [4.78, 5) is 18.0. The molecule has 1 aliphatic rings. The van der Waals surface area contributed by atoms with Crippen LogP contribution >= 0.6 is 0 Å². The molecule has 2 N–H and O–H groups in total. The van der Waals surface area contributed by atoms with E-state index in [1.54, 1.807) is 35.5 Å². The molecule has 3 heterocycles. The molecular formula is C16H18N2O4. The summed E-state index contributed by atoms with van der Waals surface area (Å²) in [6.07, 6.45) is 4.24. The maximum Gasteiger partial charge on any atom is 0.289 e. The van der Waals surface area contributed by atoms with Gasteiger partial charge < -0.3 is 19.5 Å². The number of amides is 1. The third kappa shape index (κ3) is 2.75. The van der Waals surface area contributed by atoms with Crippen LogP contribution in [0.15, 0.2) is 41.1 Å². The molecule has 1 fully saturated rings. The molecule has 0 atom stereocenters. The van der Waals surface area contributed by atoms with Crippen molar-refractivity contribution in [3.8, 4) is 0 Å². The largest absolute Gasteiger partial charge is 0.453 e. The maximum absolute atomic E-state index is 12.3. The van der Waals surface area contributed by atoms with Crippen LogP contribution in [0, 0.1) is 0 Å². The Labute approximate surface area is 128 Å². The van der Waals surface area contributed by atoms with E-state index >= 15 is 0 Å². The Balaban J connectivity index is 1.67. The number of nitrogens with zero attached hydrogens (tertiary/aromatic N) is 2. The van der Waals surface area contributed by atoms with Crippen molar-refractivity contribution < 1.29 is 19.4 Å². The molecule has 1 aliphatic heterocycles. The highest BCUT2D eigenvalue weighted by atomic mass is 16.4. The molecular weight excluding hydrogens is 284 g/mol. The lowest BCUT2D eigenvalue weighted by Crippen LogP contribution is -2.45. The van der Waals surface area contributed by atoms with E-state index in [9.17, 15) is 9.90 Å². The fourth-order valence-corrected chi connectivity index (χ4v) is 2.74. The second kappa shape index (κ2) is 5.90. The molecule has 0 unspecified atom stereocenters. The van der Waals surface area contributed by atoms with Gasteiger partial charge in [0.2, 0.25) is 0 Å². The molecule has 1 saturated heterocycles. The Morgan fingerprint density at radius 3 is 2.68 bits per heavy atom. The van der Waals surface area contributed by atoms with Gasteiger partial charge in [0.15, 0.2) is 5.76 Å². The molecule has 0 spiro atoms. The third-order valence-electron chi connectivity index (χ3n) is 4.10. The molecule has 0 radical (unpaired) electrons. The van der Waals surface area contributed by atoms with Crippen LogP contribution in [0.1, 0.15) is 34.7 Å². The number of rotatable bonds is 3. The van der Waals surface area contributed by atoms with E-state index < -0.39 is 5.60 Å². The van der Waals surface area contributed by atoms with E-state index in [4.69, 9.17) is 9.52 Å². The van der Waals surface area contributed by atoms with E-state index in [2.05, 4.69) is 4.98 Å². The molecule has 6 nitrogen and oxygen atoms in total. The van der Waals surface area contributed by atoms with Gasteiger partial charge in [-0.15, -0.1) is 0 Å². The molecule has 22 heavy (non-hydrogen) atoms. The highest BCUT2D eigenvalue weighted by molar-refractivity contribution is 5.91. The van der Waals surface area contributed by atoms with Crippen LogP contribution in [-0.2, 0) is 12.2 Å². The van der Waals surface area contributed by atoms with Crippen LogP contribution in [0.4, 0.5) is 0 Å². The van der Waals surface area contributed by atoms with Crippen molar-refractivity contribution in [1.29, 1.82) is 0 Å². The monoisotopic (exact) mass is 302 g/mol. The number of pyridine rings is 1. The minimum Gasteiger partial charge on any atom is -0.453 e. The Kier molecular flexibility index (Phi) is 3.96. The number of furan rings is 1. The van der Waals surface area contributed by atoms with E-state index in [-0.39, 0.29) is 18.3 Å². The van der Waals surface area contributed by atoms with Crippen molar-refractivity contribution in [3.63, 3.8) is 0 Å². The minimum atomic E-state index is -0.940. The highest BCUT2D eigenvalue weighted by Crippen LogP contribution is 2.32. The Morgan fingerprint density at radius 1 is 1.32 bits per heavy atom. The van der Waals surface area contributed by atoms with Gasteiger partial charge in [-0.3, -0.25) is 9.78 Å². The van der Waals surface area contributed by atoms with Gasteiger partial charge in [-0.1, -0.05) is 6.07 Å². The second-order valence-corrected chi connectivity index (χ2v) is 5.49. The maximum atomic E-state index is 12.3. The summed E-state index contributed by atoms with van der Waals surface area (Å²) in [5.74, 6) is 0.371. The second-order valence-electron chi connectivity index (χ2n) is 5.49. The molecule has 6 heteroatoms. The topological polar surface area (TPSA) is 86.8 Å². The summed E-state index contributed by atoms with van der Waals surface area (Å²) in [6.45, 7) is 0.660. The van der Waals surface area contributed by atoms with Crippen molar-refractivity contribution in [1.82, 2.24) is 9.88 Å². The van der Waals surface area contributed by atoms with Gasteiger partial charge >= 0.3 is 0 Å². The number of carbonyl (C=O) groups excluding carboxylic acids is 1. The summed E-state index contributed by atoms with van der Waals surface area (Å²) in [5, 5.41) is 19.7. The van der Waals surface area contributed by atoms with Gasteiger partial charge in [-0.2, -0.15) is 0 Å². The molecule has 0 aliphatic carbocycles. The molecule has 0 aromatic carbocycles. The average molecular weight is 302 g/mol. The lowest BCUT2D eigenvalue weighted by atomic mass is 9.85. The zero-order valence-corrected chi connectivity index (χ0v) is 12.1. The average Bonchev–Trinajstić information content (AvgIpc) is 3.05.